The zero-order chi connectivity index (χ0) is 11.4. The molecular formula is C10H9BrN2S2. The van der Waals surface area contributed by atoms with E-state index in [1.807, 2.05) is 12.1 Å². The molecule has 0 spiro atoms. The Morgan fingerprint density at radius 1 is 1.80 bits per heavy atom. The van der Waals surface area contributed by atoms with Crippen molar-refractivity contribution in [2.75, 3.05) is 0 Å². The van der Waals surface area contributed by atoms with Gasteiger partial charge >= 0.3 is 0 Å². The molecule has 5 heteroatoms. The van der Waals surface area contributed by atoms with Crippen LogP contribution in [0.1, 0.15) is 16.7 Å². The first-order valence-electron chi connectivity index (χ1n) is 4.28. The minimum Gasteiger partial charge on any atom is -0.389 e. The van der Waals surface area contributed by atoms with E-state index in [-0.39, 0.29) is 4.99 Å². The molecule has 1 heterocycles. The lowest BCUT2D eigenvalue weighted by Gasteiger charge is -1.91. The fourth-order valence-corrected chi connectivity index (χ4v) is 3.00. The molecule has 15 heavy (non-hydrogen) atoms. The molecular weight excluding hydrogens is 292 g/mol. The number of aryl methyl sites for hydroxylation is 1. The van der Waals surface area contributed by atoms with Crippen LogP contribution in [-0.4, -0.2) is 4.99 Å². The molecule has 0 fully saturated rings. The van der Waals surface area contributed by atoms with Gasteiger partial charge in [0.1, 0.15) is 11.1 Å². The molecule has 0 aromatic carbocycles. The number of thiocarbonyl (C=S) groups is 1. The summed E-state index contributed by atoms with van der Waals surface area (Å²) in [4.78, 5) is 2.38. The van der Waals surface area contributed by atoms with E-state index < -0.39 is 0 Å². The normalized spacial score (nSPS) is 11.1. The van der Waals surface area contributed by atoms with Gasteiger partial charge in [0, 0.05) is 14.2 Å². The van der Waals surface area contributed by atoms with E-state index in [2.05, 4.69) is 22.9 Å². The third-order valence-electron chi connectivity index (χ3n) is 1.77. The van der Waals surface area contributed by atoms with Crippen LogP contribution < -0.4 is 5.73 Å². The van der Waals surface area contributed by atoms with Crippen LogP contribution in [0.4, 0.5) is 0 Å². The number of nitriles is 1. The van der Waals surface area contributed by atoms with Crippen molar-refractivity contribution in [2.24, 2.45) is 5.73 Å². The van der Waals surface area contributed by atoms with Gasteiger partial charge in [0.25, 0.3) is 0 Å². The first kappa shape index (κ1) is 12.4. The molecule has 0 atom stereocenters. The zero-order valence-electron chi connectivity index (χ0n) is 8.08. The summed E-state index contributed by atoms with van der Waals surface area (Å²) in [5, 5.41) is 8.80. The summed E-state index contributed by atoms with van der Waals surface area (Å²) in [6.07, 6.45) is 2.69. The Hall–Kier alpha value is -0.700. The number of nitrogens with zero attached hydrogens (tertiary/aromatic N) is 1. The molecule has 78 valence electrons. The number of hydrogen-bond acceptors (Lipinski definition) is 3. The van der Waals surface area contributed by atoms with Gasteiger partial charge in [-0.1, -0.05) is 19.1 Å². The van der Waals surface area contributed by atoms with E-state index in [9.17, 15) is 0 Å². The molecule has 0 bridgehead atoms. The summed E-state index contributed by atoms with van der Waals surface area (Å²) in [6, 6.07) is 3.95. The van der Waals surface area contributed by atoms with Crippen molar-refractivity contribution in [1.29, 1.82) is 5.26 Å². The van der Waals surface area contributed by atoms with Crippen LogP contribution >= 0.6 is 39.5 Å². The van der Waals surface area contributed by atoms with Crippen LogP contribution in [-0.2, 0) is 6.42 Å². The highest BCUT2D eigenvalue weighted by Crippen LogP contribution is 2.29. The van der Waals surface area contributed by atoms with E-state index in [1.54, 1.807) is 17.4 Å². The molecule has 0 aliphatic heterocycles. The van der Waals surface area contributed by atoms with Gasteiger partial charge in [-0.25, -0.2) is 0 Å². The maximum Gasteiger partial charge on any atom is 0.114 e. The van der Waals surface area contributed by atoms with E-state index in [0.29, 0.717) is 5.57 Å². The molecule has 1 rings (SSSR count). The molecule has 0 radical (unpaired) electrons. The number of halogens is 1. The van der Waals surface area contributed by atoms with Gasteiger partial charge in [0.05, 0.1) is 5.57 Å². The minimum atomic E-state index is 0.139. The molecule has 1 aromatic rings. The Morgan fingerprint density at radius 3 is 2.87 bits per heavy atom. The van der Waals surface area contributed by atoms with Gasteiger partial charge in [0.2, 0.25) is 0 Å². The van der Waals surface area contributed by atoms with Crippen LogP contribution in [0.2, 0.25) is 0 Å². The number of nitrogens with two attached hydrogens (primary N) is 1. The second-order valence-electron chi connectivity index (χ2n) is 2.81. The van der Waals surface area contributed by atoms with Crippen molar-refractivity contribution in [1.82, 2.24) is 0 Å². The monoisotopic (exact) mass is 300 g/mol. The lowest BCUT2D eigenvalue weighted by Crippen LogP contribution is -2.09. The average Bonchev–Trinajstić information content (AvgIpc) is 2.54. The molecule has 2 N–H and O–H groups in total. The van der Waals surface area contributed by atoms with Gasteiger partial charge in [0.15, 0.2) is 0 Å². The standard InChI is InChI=1S/C10H9BrN2S2/c1-2-9-8(11)4-7(15-9)3-6(5-12)10(13)14/h3-4H,2H2,1H3,(H2,13,14)/b6-3-. The summed E-state index contributed by atoms with van der Waals surface area (Å²) in [5.41, 5.74) is 5.75. The van der Waals surface area contributed by atoms with Crippen molar-refractivity contribution in [2.45, 2.75) is 13.3 Å². The van der Waals surface area contributed by atoms with Crippen molar-refractivity contribution < 1.29 is 0 Å². The Labute approximate surface area is 107 Å². The second-order valence-corrected chi connectivity index (χ2v) is 5.27. The van der Waals surface area contributed by atoms with Crippen LogP contribution in [0.15, 0.2) is 16.1 Å². The third kappa shape index (κ3) is 3.13. The van der Waals surface area contributed by atoms with Crippen molar-refractivity contribution >= 4 is 50.5 Å². The summed E-state index contributed by atoms with van der Waals surface area (Å²) in [5.74, 6) is 0. The average molecular weight is 301 g/mol. The van der Waals surface area contributed by atoms with Crippen LogP contribution in [0, 0.1) is 11.3 Å². The molecule has 0 unspecified atom stereocenters. The molecule has 0 saturated heterocycles. The summed E-state index contributed by atoms with van der Waals surface area (Å²) in [7, 11) is 0. The van der Waals surface area contributed by atoms with Gasteiger partial charge in [-0.2, -0.15) is 5.26 Å². The Balaban J connectivity index is 3.08. The largest absolute Gasteiger partial charge is 0.389 e. The third-order valence-corrected chi connectivity index (χ3v) is 4.19. The van der Waals surface area contributed by atoms with E-state index in [1.165, 1.54) is 4.88 Å². The maximum absolute atomic E-state index is 8.80. The highest BCUT2D eigenvalue weighted by Gasteiger charge is 2.05. The van der Waals surface area contributed by atoms with Crippen LogP contribution in [0.5, 0.6) is 0 Å². The molecule has 1 aromatic heterocycles. The van der Waals surface area contributed by atoms with Crippen LogP contribution in [0.3, 0.4) is 0 Å². The Morgan fingerprint density at radius 2 is 2.47 bits per heavy atom. The Kier molecular flexibility index (Phi) is 4.45. The number of thiophene rings is 1. The van der Waals surface area contributed by atoms with Crippen molar-refractivity contribution in [3.8, 4) is 6.07 Å². The topological polar surface area (TPSA) is 49.8 Å². The van der Waals surface area contributed by atoms with Gasteiger partial charge in [-0.15, -0.1) is 11.3 Å². The summed E-state index contributed by atoms with van der Waals surface area (Å²) < 4.78 is 1.07. The lowest BCUT2D eigenvalue weighted by molar-refractivity contribution is 1.18. The summed E-state index contributed by atoms with van der Waals surface area (Å²) in [6.45, 7) is 2.09. The van der Waals surface area contributed by atoms with Gasteiger partial charge in [-0.3, -0.25) is 0 Å². The SMILES string of the molecule is CCc1sc(/C=C(/C#N)C(N)=S)cc1Br. The van der Waals surface area contributed by atoms with Gasteiger partial charge in [-0.05, 0) is 34.5 Å². The molecule has 0 aliphatic carbocycles. The fourth-order valence-electron chi connectivity index (χ4n) is 1.04. The molecule has 0 saturated carbocycles. The highest BCUT2D eigenvalue weighted by molar-refractivity contribution is 9.10. The second kappa shape index (κ2) is 5.40. The van der Waals surface area contributed by atoms with E-state index in [0.717, 1.165) is 15.8 Å². The fraction of sp³-hybridized carbons (Fsp3) is 0.200. The molecule has 0 aliphatic rings. The Bertz CT molecular complexity index is 454. The predicted molar refractivity (Wildman–Crippen MR) is 71.8 cm³/mol. The first-order chi connectivity index (χ1) is 7.08. The van der Waals surface area contributed by atoms with E-state index >= 15 is 0 Å². The van der Waals surface area contributed by atoms with Gasteiger partial charge < -0.3 is 5.73 Å². The zero-order valence-corrected chi connectivity index (χ0v) is 11.3. The maximum atomic E-state index is 8.80. The van der Waals surface area contributed by atoms with Crippen LogP contribution in [0.25, 0.3) is 6.08 Å². The summed E-state index contributed by atoms with van der Waals surface area (Å²) >= 11 is 9.85. The quantitative estimate of drug-likeness (QED) is 0.529. The molecule has 2 nitrogen and oxygen atoms in total. The smallest absolute Gasteiger partial charge is 0.114 e. The van der Waals surface area contributed by atoms with E-state index in [4.69, 9.17) is 23.2 Å². The highest BCUT2D eigenvalue weighted by atomic mass is 79.9. The lowest BCUT2D eigenvalue weighted by atomic mass is 10.2. The minimum absolute atomic E-state index is 0.139. The predicted octanol–water partition coefficient (Wildman–Crippen LogP) is 3.27. The van der Waals surface area contributed by atoms with Crippen molar-refractivity contribution in [3.05, 3.63) is 25.9 Å². The first-order valence-corrected chi connectivity index (χ1v) is 6.30. The number of hydrogen-bond donors (Lipinski definition) is 1. The molecule has 0 amide bonds. The van der Waals surface area contributed by atoms with Crippen molar-refractivity contribution in [3.63, 3.8) is 0 Å². The number of rotatable bonds is 3.